The molecule has 0 aliphatic carbocycles. The molecule has 1 aromatic heterocycles. The summed E-state index contributed by atoms with van der Waals surface area (Å²) >= 11 is 12.0. The topological polar surface area (TPSA) is 78.0 Å². The molecule has 8 heteroatoms. The van der Waals surface area contributed by atoms with Gasteiger partial charge in [0, 0.05) is 16.7 Å². The van der Waals surface area contributed by atoms with Gasteiger partial charge in [0.2, 0.25) is 0 Å². The Morgan fingerprint density at radius 3 is 2.70 bits per heavy atom. The van der Waals surface area contributed by atoms with E-state index in [4.69, 9.17) is 23.2 Å². The summed E-state index contributed by atoms with van der Waals surface area (Å²) in [4.78, 5) is 27.3. The van der Waals surface area contributed by atoms with Gasteiger partial charge in [-0.2, -0.15) is 0 Å². The van der Waals surface area contributed by atoms with Gasteiger partial charge in [0.25, 0.3) is 11.2 Å². The van der Waals surface area contributed by atoms with Gasteiger partial charge in [0.15, 0.2) is 0 Å². The molecule has 0 unspecified atom stereocenters. The van der Waals surface area contributed by atoms with E-state index in [1.54, 1.807) is 18.2 Å². The highest BCUT2D eigenvalue weighted by atomic mass is 35.5. The van der Waals surface area contributed by atoms with E-state index in [9.17, 15) is 14.9 Å². The number of halogens is 2. The number of fused-ring (bicyclic) bond motifs is 1. The molecule has 0 fully saturated rings. The first-order chi connectivity index (χ1) is 11.0. The van der Waals surface area contributed by atoms with Gasteiger partial charge in [-0.3, -0.25) is 19.5 Å². The molecule has 0 atom stereocenters. The molecule has 3 aromatic rings. The van der Waals surface area contributed by atoms with Crippen molar-refractivity contribution in [3.63, 3.8) is 0 Å². The van der Waals surface area contributed by atoms with Gasteiger partial charge < -0.3 is 0 Å². The van der Waals surface area contributed by atoms with Crippen LogP contribution in [0.15, 0.2) is 47.5 Å². The molecule has 0 aliphatic heterocycles. The van der Waals surface area contributed by atoms with Crippen molar-refractivity contribution in [2.24, 2.45) is 0 Å². The summed E-state index contributed by atoms with van der Waals surface area (Å²) in [6, 6.07) is 9.22. The quantitative estimate of drug-likeness (QED) is 0.533. The zero-order chi connectivity index (χ0) is 16.6. The van der Waals surface area contributed by atoms with E-state index in [0.717, 1.165) is 0 Å². The van der Waals surface area contributed by atoms with Crippen molar-refractivity contribution < 1.29 is 4.92 Å². The maximum atomic E-state index is 12.6. The maximum Gasteiger partial charge on any atom is 0.274 e. The fraction of sp³-hybridized carbons (Fsp3) is 0.0667. The largest absolute Gasteiger partial charge is 0.294 e. The van der Waals surface area contributed by atoms with Gasteiger partial charge in [-0.1, -0.05) is 41.4 Å². The van der Waals surface area contributed by atoms with E-state index in [1.807, 2.05) is 0 Å². The number of rotatable bonds is 3. The van der Waals surface area contributed by atoms with E-state index in [2.05, 4.69) is 4.98 Å². The number of nitro groups is 1. The summed E-state index contributed by atoms with van der Waals surface area (Å²) in [6.45, 7) is 0.0308. The average Bonchev–Trinajstić information content (AvgIpc) is 2.51. The lowest BCUT2D eigenvalue weighted by Gasteiger charge is -2.08. The predicted octanol–water partition coefficient (Wildman–Crippen LogP) is 3.66. The lowest BCUT2D eigenvalue weighted by molar-refractivity contribution is -0.385. The summed E-state index contributed by atoms with van der Waals surface area (Å²) in [5, 5.41) is 11.9. The minimum Gasteiger partial charge on any atom is -0.294 e. The Balaban J connectivity index is 2.14. The van der Waals surface area contributed by atoms with Gasteiger partial charge in [-0.15, -0.1) is 0 Å². The summed E-state index contributed by atoms with van der Waals surface area (Å²) in [5.41, 5.74) is 0.343. The van der Waals surface area contributed by atoms with Crippen LogP contribution < -0.4 is 5.56 Å². The van der Waals surface area contributed by atoms with Crippen molar-refractivity contribution in [3.05, 3.63) is 78.8 Å². The van der Waals surface area contributed by atoms with Gasteiger partial charge in [0.05, 0.1) is 33.7 Å². The zero-order valence-electron chi connectivity index (χ0n) is 11.6. The standard InChI is InChI=1S/C15H9Cl2N3O3/c16-10-5-11-14(12(17)6-10)18-8-19(15(11)21)7-9-3-1-2-4-13(9)20(22)23/h1-6,8H,7H2. The van der Waals surface area contributed by atoms with E-state index in [-0.39, 0.29) is 28.2 Å². The molecule has 0 bridgehead atoms. The number of hydrogen-bond acceptors (Lipinski definition) is 4. The smallest absolute Gasteiger partial charge is 0.274 e. The highest BCUT2D eigenvalue weighted by Crippen LogP contribution is 2.24. The Kier molecular flexibility index (Phi) is 4.02. The molecule has 23 heavy (non-hydrogen) atoms. The molecule has 3 rings (SSSR count). The van der Waals surface area contributed by atoms with Crippen LogP contribution in [-0.2, 0) is 6.54 Å². The second kappa shape index (κ2) is 5.98. The van der Waals surface area contributed by atoms with E-state index in [1.165, 1.54) is 29.1 Å². The van der Waals surface area contributed by atoms with Crippen LogP contribution in [-0.4, -0.2) is 14.5 Å². The molecular formula is C15H9Cl2N3O3. The van der Waals surface area contributed by atoms with Crippen LogP contribution in [0.25, 0.3) is 10.9 Å². The zero-order valence-corrected chi connectivity index (χ0v) is 13.1. The van der Waals surface area contributed by atoms with Crippen LogP contribution in [0, 0.1) is 10.1 Å². The van der Waals surface area contributed by atoms with Crippen molar-refractivity contribution in [2.75, 3.05) is 0 Å². The molecule has 0 aliphatic rings. The molecule has 0 amide bonds. The molecule has 0 saturated carbocycles. The van der Waals surface area contributed by atoms with Crippen molar-refractivity contribution in [1.29, 1.82) is 0 Å². The molecule has 6 nitrogen and oxygen atoms in total. The van der Waals surface area contributed by atoms with Crippen molar-refractivity contribution >= 4 is 39.8 Å². The Bertz CT molecular complexity index is 985. The second-order valence-corrected chi connectivity index (χ2v) is 5.69. The molecular weight excluding hydrogens is 341 g/mol. The van der Waals surface area contributed by atoms with E-state index >= 15 is 0 Å². The summed E-state index contributed by atoms with van der Waals surface area (Å²) in [6.07, 6.45) is 1.32. The molecule has 0 saturated heterocycles. The molecule has 2 aromatic carbocycles. The minimum absolute atomic E-state index is 0.0308. The molecule has 0 spiro atoms. The molecule has 0 N–H and O–H groups in total. The fourth-order valence-corrected chi connectivity index (χ4v) is 2.86. The minimum atomic E-state index is -0.484. The third kappa shape index (κ3) is 2.91. The predicted molar refractivity (Wildman–Crippen MR) is 88.2 cm³/mol. The first-order valence-corrected chi connectivity index (χ1v) is 7.29. The number of hydrogen-bond donors (Lipinski definition) is 0. The third-order valence-electron chi connectivity index (χ3n) is 3.37. The van der Waals surface area contributed by atoms with Crippen LogP contribution in [0.5, 0.6) is 0 Å². The summed E-state index contributed by atoms with van der Waals surface area (Å²) in [7, 11) is 0. The molecule has 0 radical (unpaired) electrons. The third-order valence-corrected chi connectivity index (χ3v) is 3.88. The number of nitrogens with zero attached hydrogens (tertiary/aromatic N) is 3. The number of para-hydroxylation sites is 1. The monoisotopic (exact) mass is 349 g/mol. The van der Waals surface area contributed by atoms with Gasteiger partial charge in [-0.05, 0) is 12.1 Å². The first kappa shape index (κ1) is 15.5. The number of nitro benzene ring substituents is 1. The SMILES string of the molecule is O=c1c2cc(Cl)cc(Cl)c2ncn1Cc1ccccc1[N+](=O)[O-]. The van der Waals surface area contributed by atoms with Crippen molar-refractivity contribution in [3.8, 4) is 0 Å². The summed E-state index contributed by atoms with van der Waals surface area (Å²) < 4.78 is 1.29. The second-order valence-electron chi connectivity index (χ2n) is 4.85. The fourth-order valence-electron chi connectivity index (χ4n) is 2.31. The number of benzene rings is 2. The van der Waals surface area contributed by atoms with Gasteiger partial charge >= 0.3 is 0 Å². The van der Waals surface area contributed by atoms with E-state index in [0.29, 0.717) is 16.1 Å². The van der Waals surface area contributed by atoms with Crippen LogP contribution >= 0.6 is 23.2 Å². The van der Waals surface area contributed by atoms with Crippen LogP contribution in [0.3, 0.4) is 0 Å². The normalized spacial score (nSPS) is 10.9. The summed E-state index contributed by atoms with van der Waals surface area (Å²) in [5.74, 6) is 0. The highest BCUT2D eigenvalue weighted by molar-refractivity contribution is 6.38. The Morgan fingerprint density at radius 1 is 1.22 bits per heavy atom. The maximum absolute atomic E-state index is 12.6. The Hall–Kier alpha value is -2.44. The van der Waals surface area contributed by atoms with Gasteiger partial charge in [0.1, 0.15) is 0 Å². The van der Waals surface area contributed by atoms with Crippen molar-refractivity contribution in [2.45, 2.75) is 6.54 Å². The van der Waals surface area contributed by atoms with Crippen LogP contribution in [0.4, 0.5) is 5.69 Å². The lowest BCUT2D eigenvalue weighted by Crippen LogP contribution is -2.21. The van der Waals surface area contributed by atoms with Crippen LogP contribution in [0.2, 0.25) is 10.0 Å². The molecule has 116 valence electrons. The average molecular weight is 350 g/mol. The lowest BCUT2D eigenvalue weighted by atomic mass is 10.1. The number of aromatic nitrogens is 2. The Labute approximate surface area is 140 Å². The highest BCUT2D eigenvalue weighted by Gasteiger charge is 2.15. The van der Waals surface area contributed by atoms with Crippen LogP contribution in [0.1, 0.15) is 5.56 Å². The van der Waals surface area contributed by atoms with Crippen molar-refractivity contribution in [1.82, 2.24) is 9.55 Å². The Morgan fingerprint density at radius 2 is 1.96 bits per heavy atom. The van der Waals surface area contributed by atoms with E-state index < -0.39 is 4.92 Å². The van der Waals surface area contributed by atoms with Gasteiger partial charge in [-0.25, -0.2) is 4.98 Å². The molecule has 1 heterocycles. The first-order valence-electron chi connectivity index (χ1n) is 6.54.